The van der Waals surface area contributed by atoms with Gasteiger partial charge in [0.2, 0.25) is 5.69 Å². The normalized spacial score (nSPS) is 11.3. The summed E-state index contributed by atoms with van der Waals surface area (Å²) in [5.41, 5.74) is 3.45. The van der Waals surface area contributed by atoms with Gasteiger partial charge in [-0.05, 0) is 45.3 Å². The van der Waals surface area contributed by atoms with Gasteiger partial charge in [-0.25, -0.2) is 5.43 Å². The first-order valence-corrected chi connectivity index (χ1v) is 11.5. The van der Waals surface area contributed by atoms with Gasteiger partial charge in [-0.3, -0.25) is 19.6 Å². The van der Waals surface area contributed by atoms with Crippen LogP contribution < -0.4 is 5.43 Å². The molecule has 0 aliphatic heterocycles. The van der Waals surface area contributed by atoms with E-state index < -0.39 is 10.8 Å². The third-order valence-electron chi connectivity index (χ3n) is 5.58. The summed E-state index contributed by atoms with van der Waals surface area (Å²) in [6.45, 7) is 0.284. The largest absolute Gasteiger partial charge is 0.320 e. The molecule has 4 aromatic carbocycles. The molecule has 1 N–H and O–H groups in total. The summed E-state index contributed by atoms with van der Waals surface area (Å²) in [5.74, 6) is -0.757. The quantitative estimate of drug-likeness (QED) is 0.133. The van der Waals surface area contributed by atoms with Gasteiger partial charge in [0.25, 0.3) is 5.91 Å². The van der Waals surface area contributed by atoms with Gasteiger partial charge in [-0.15, -0.1) is 0 Å². The standard InChI is InChI=1S/C26H18BrN5O3/c27-20-11-9-17(10-12-20)15-31-16-24(32(34)35)25(30-31)26(33)29-28-14-23-21-7-3-1-5-18(21)13-19-6-2-4-8-22(19)23/h1-14,16H,15H2,(H,29,33). The Morgan fingerprint density at radius 3 is 2.29 bits per heavy atom. The summed E-state index contributed by atoms with van der Waals surface area (Å²) in [7, 11) is 0. The number of hydrogen-bond donors (Lipinski definition) is 1. The number of nitro groups is 1. The fraction of sp³-hybridized carbons (Fsp3) is 0.0385. The van der Waals surface area contributed by atoms with Gasteiger partial charge in [-0.1, -0.05) is 76.6 Å². The molecule has 0 aliphatic rings. The third kappa shape index (κ3) is 4.67. The maximum atomic E-state index is 12.8. The lowest BCUT2D eigenvalue weighted by Gasteiger charge is -2.07. The van der Waals surface area contributed by atoms with Crippen molar-refractivity contribution >= 4 is 55.3 Å². The number of fused-ring (bicyclic) bond motifs is 2. The van der Waals surface area contributed by atoms with Crippen molar-refractivity contribution in [2.24, 2.45) is 5.10 Å². The van der Waals surface area contributed by atoms with Gasteiger partial charge in [-0.2, -0.15) is 10.2 Å². The Balaban J connectivity index is 1.43. The number of nitrogens with zero attached hydrogens (tertiary/aromatic N) is 4. The highest BCUT2D eigenvalue weighted by Gasteiger charge is 2.25. The maximum Gasteiger partial charge on any atom is 0.320 e. The topological polar surface area (TPSA) is 102 Å². The van der Waals surface area contributed by atoms with E-state index in [0.29, 0.717) is 0 Å². The Hall–Kier alpha value is -4.37. The van der Waals surface area contributed by atoms with Gasteiger partial charge in [0.15, 0.2) is 0 Å². The molecule has 0 atom stereocenters. The Kier molecular flexibility index (Phi) is 6.07. The van der Waals surface area contributed by atoms with E-state index in [2.05, 4.69) is 37.6 Å². The van der Waals surface area contributed by atoms with E-state index in [1.54, 1.807) is 6.21 Å². The number of hydrogen-bond acceptors (Lipinski definition) is 5. The molecule has 0 unspecified atom stereocenters. The van der Waals surface area contributed by atoms with Crippen LogP contribution in [0.15, 0.2) is 94.6 Å². The van der Waals surface area contributed by atoms with E-state index in [0.717, 1.165) is 37.1 Å². The first-order chi connectivity index (χ1) is 17.0. The molecule has 1 amide bonds. The number of nitrogens with one attached hydrogen (secondary N) is 1. The fourth-order valence-electron chi connectivity index (χ4n) is 3.96. The van der Waals surface area contributed by atoms with Crippen molar-refractivity contribution in [1.82, 2.24) is 15.2 Å². The molecule has 5 rings (SSSR count). The van der Waals surface area contributed by atoms with E-state index in [1.807, 2.05) is 72.8 Å². The first-order valence-electron chi connectivity index (χ1n) is 10.7. The molecule has 9 heteroatoms. The lowest BCUT2D eigenvalue weighted by molar-refractivity contribution is -0.385. The van der Waals surface area contributed by atoms with Crippen LogP contribution in [0.5, 0.6) is 0 Å². The summed E-state index contributed by atoms with van der Waals surface area (Å²) >= 11 is 3.37. The highest BCUT2D eigenvalue weighted by molar-refractivity contribution is 9.10. The maximum absolute atomic E-state index is 12.8. The van der Waals surface area contributed by atoms with Gasteiger partial charge >= 0.3 is 5.69 Å². The van der Waals surface area contributed by atoms with E-state index in [4.69, 9.17) is 0 Å². The van der Waals surface area contributed by atoms with Crippen LogP contribution in [0.3, 0.4) is 0 Å². The molecule has 0 bridgehead atoms. The molecule has 35 heavy (non-hydrogen) atoms. The number of halogens is 1. The van der Waals surface area contributed by atoms with Crippen molar-refractivity contribution in [2.45, 2.75) is 6.54 Å². The van der Waals surface area contributed by atoms with Crippen LogP contribution in [-0.2, 0) is 6.54 Å². The summed E-state index contributed by atoms with van der Waals surface area (Å²) in [6, 6.07) is 25.4. The molecule has 8 nitrogen and oxygen atoms in total. The minimum atomic E-state index is -0.757. The first kappa shape index (κ1) is 22.4. The molecule has 5 aromatic rings. The lowest BCUT2D eigenvalue weighted by Crippen LogP contribution is -2.19. The number of benzene rings is 4. The van der Waals surface area contributed by atoms with Gasteiger partial charge in [0.05, 0.1) is 17.7 Å². The number of carbonyl (C=O) groups is 1. The Morgan fingerprint density at radius 1 is 1.03 bits per heavy atom. The van der Waals surface area contributed by atoms with Crippen molar-refractivity contribution in [3.05, 3.63) is 116 Å². The minimum Gasteiger partial charge on any atom is -0.265 e. The van der Waals surface area contributed by atoms with Gasteiger partial charge in [0, 0.05) is 10.0 Å². The van der Waals surface area contributed by atoms with Gasteiger partial charge < -0.3 is 0 Å². The van der Waals surface area contributed by atoms with Crippen LogP contribution in [0.25, 0.3) is 21.5 Å². The van der Waals surface area contributed by atoms with Crippen LogP contribution in [0, 0.1) is 10.1 Å². The minimum absolute atomic E-state index is 0.284. The van der Waals surface area contributed by atoms with E-state index in [-0.39, 0.29) is 17.9 Å². The smallest absolute Gasteiger partial charge is 0.265 e. The van der Waals surface area contributed by atoms with Crippen LogP contribution in [-0.4, -0.2) is 26.8 Å². The zero-order valence-electron chi connectivity index (χ0n) is 18.3. The molecule has 1 heterocycles. The van der Waals surface area contributed by atoms with E-state index in [9.17, 15) is 14.9 Å². The number of hydrazone groups is 1. The molecule has 172 valence electrons. The van der Waals surface area contributed by atoms with Crippen molar-refractivity contribution in [2.75, 3.05) is 0 Å². The van der Waals surface area contributed by atoms with Crippen molar-refractivity contribution in [3.63, 3.8) is 0 Å². The third-order valence-corrected chi connectivity index (χ3v) is 6.11. The number of rotatable bonds is 6. The molecule has 0 saturated heterocycles. The van der Waals surface area contributed by atoms with Crippen molar-refractivity contribution in [3.8, 4) is 0 Å². The lowest BCUT2D eigenvalue weighted by atomic mass is 9.97. The van der Waals surface area contributed by atoms with E-state index in [1.165, 1.54) is 10.9 Å². The summed E-state index contributed by atoms with van der Waals surface area (Å²) in [5, 5.41) is 23.9. The Bertz CT molecular complexity index is 1560. The molecule has 0 fully saturated rings. The predicted octanol–water partition coefficient (Wildman–Crippen LogP) is 5.67. The van der Waals surface area contributed by atoms with Crippen LogP contribution in [0.4, 0.5) is 5.69 Å². The van der Waals surface area contributed by atoms with Crippen LogP contribution >= 0.6 is 15.9 Å². The average Bonchev–Trinajstić information content (AvgIpc) is 3.29. The summed E-state index contributed by atoms with van der Waals surface area (Å²) in [4.78, 5) is 23.7. The van der Waals surface area contributed by atoms with E-state index >= 15 is 0 Å². The predicted molar refractivity (Wildman–Crippen MR) is 139 cm³/mol. The molecule has 0 saturated carbocycles. The molecule has 0 aliphatic carbocycles. The summed E-state index contributed by atoms with van der Waals surface area (Å²) < 4.78 is 2.29. The zero-order valence-corrected chi connectivity index (χ0v) is 19.8. The molecular weight excluding hydrogens is 510 g/mol. The zero-order chi connectivity index (χ0) is 24.4. The highest BCUT2D eigenvalue weighted by Crippen LogP contribution is 2.27. The molecule has 1 aromatic heterocycles. The van der Waals surface area contributed by atoms with Crippen molar-refractivity contribution < 1.29 is 9.72 Å². The number of carbonyl (C=O) groups excluding carboxylic acids is 1. The van der Waals surface area contributed by atoms with Crippen molar-refractivity contribution in [1.29, 1.82) is 0 Å². The Labute approximate surface area is 208 Å². The van der Waals surface area contributed by atoms with Crippen LogP contribution in [0.2, 0.25) is 0 Å². The number of amides is 1. The SMILES string of the molecule is O=C(NN=Cc1c2ccccc2cc2ccccc12)c1nn(Cc2ccc(Br)cc2)cc1[N+](=O)[O-]. The highest BCUT2D eigenvalue weighted by atomic mass is 79.9. The fourth-order valence-corrected chi connectivity index (χ4v) is 4.22. The second-order valence-corrected chi connectivity index (χ2v) is 8.79. The Morgan fingerprint density at radius 2 is 1.66 bits per heavy atom. The number of aromatic nitrogens is 2. The molecule has 0 spiro atoms. The molecular formula is C26H18BrN5O3. The summed E-state index contributed by atoms with van der Waals surface area (Å²) in [6.07, 6.45) is 2.81. The van der Waals surface area contributed by atoms with Crippen LogP contribution in [0.1, 0.15) is 21.6 Å². The second kappa shape index (κ2) is 9.47. The molecule has 0 radical (unpaired) electrons. The average molecular weight is 528 g/mol. The second-order valence-electron chi connectivity index (χ2n) is 7.88. The van der Waals surface area contributed by atoms with Gasteiger partial charge in [0.1, 0.15) is 6.20 Å². The monoisotopic (exact) mass is 527 g/mol.